The fourth-order valence-corrected chi connectivity index (χ4v) is 2.90. The fraction of sp³-hybridized carbons (Fsp3) is 0.235. The summed E-state index contributed by atoms with van der Waals surface area (Å²) in [7, 11) is 0. The molecule has 1 saturated heterocycles. The summed E-state index contributed by atoms with van der Waals surface area (Å²) in [6.07, 6.45) is -3.21. The maximum Gasteiger partial charge on any atom is 0.416 e. The van der Waals surface area contributed by atoms with Crippen LogP contribution in [-0.4, -0.2) is 16.5 Å². The number of halogens is 3. The lowest BCUT2D eigenvalue weighted by molar-refractivity contribution is -0.138. The third kappa shape index (κ3) is 2.96. The van der Waals surface area contributed by atoms with Crippen molar-refractivity contribution in [1.82, 2.24) is 15.2 Å². The molecule has 1 unspecified atom stereocenters. The Labute approximate surface area is 145 Å². The van der Waals surface area contributed by atoms with E-state index in [1.807, 2.05) is 5.32 Å². The van der Waals surface area contributed by atoms with Crippen molar-refractivity contribution in [3.05, 3.63) is 69.6 Å². The van der Waals surface area contributed by atoms with E-state index in [4.69, 9.17) is 0 Å². The second-order valence-corrected chi connectivity index (χ2v) is 6.02. The summed E-state index contributed by atoms with van der Waals surface area (Å²) in [5, 5.41) is 4.41. The molecule has 3 amide bonds. The fourth-order valence-electron chi connectivity index (χ4n) is 2.90. The van der Waals surface area contributed by atoms with Gasteiger partial charge in [0, 0.05) is 11.8 Å². The van der Waals surface area contributed by atoms with Gasteiger partial charge >= 0.3 is 12.2 Å². The molecule has 1 fully saturated rings. The first-order valence-corrected chi connectivity index (χ1v) is 7.61. The van der Waals surface area contributed by atoms with Gasteiger partial charge in [0.2, 0.25) is 0 Å². The number of carbonyl (C=O) groups is 2. The van der Waals surface area contributed by atoms with Crippen LogP contribution in [0.5, 0.6) is 0 Å². The van der Waals surface area contributed by atoms with Crippen LogP contribution in [0.15, 0.2) is 47.4 Å². The molecule has 1 atom stereocenters. The van der Waals surface area contributed by atoms with Gasteiger partial charge in [-0.25, -0.2) is 4.79 Å². The van der Waals surface area contributed by atoms with Crippen molar-refractivity contribution in [3.8, 4) is 0 Å². The zero-order chi connectivity index (χ0) is 19.1. The quantitative estimate of drug-likeness (QED) is 0.816. The molecular formula is C17H14F3N3O3. The van der Waals surface area contributed by atoms with Crippen LogP contribution in [0.2, 0.25) is 0 Å². The molecule has 0 aliphatic carbocycles. The number of alkyl halides is 3. The number of imide groups is 1. The lowest BCUT2D eigenvalue weighted by Gasteiger charge is -2.28. The Morgan fingerprint density at radius 1 is 1.12 bits per heavy atom. The third-order valence-electron chi connectivity index (χ3n) is 4.24. The zero-order valence-corrected chi connectivity index (χ0v) is 13.6. The number of amides is 3. The van der Waals surface area contributed by atoms with Crippen molar-refractivity contribution < 1.29 is 22.8 Å². The van der Waals surface area contributed by atoms with Crippen molar-refractivity contribution in [3.63, 3.8) is 0 Å². The van der Waals surface area contributed by atoms with Gasteiger partial charge < -0.3 is 9.88 Å². The second kappa shape index (κ2) is 6.01. The number of urea groups is 1. The minimum atomic E-state index is -4.61. The number of hydrogen-bond acceptors (Lipinski definition) is 3. The highest BCUT2D eigenvalue weighted by molar-refractivity contribution is 6.07. The van der Waals surface area contributed by atoms with Crippen molar-refractivity contribution in [2.75, 3.05) is 0 Å². The smallest absolute Gasteiger partial charge is 0.318 e. The van der Waals surface area contributed by atoms with E-state index in [-0.39, 0.29) is 12.1 Å². The molecule has 1 aromatic carbocycles. The summed E-state index contributed by atoms with van der Waals surface area (Å²) in [6, 6.07) is 6.43. The molecule has 3 rings (SSSR count). The van der Waals surface area contributed by atoms with Gasteiger partial charge in [0.1, 0.15) is 0 Å². The summed E-state index contributed by atoms with van der Waals surface area (Å²) < 4.78 is 40.3. The average Bonchev–Trinajstić information content (AvgIpc) is 2.86. The normalized spacial score (nSPS) is 20.0. The Kier molecular flexibility index (Phi) is 4.09. The summed E-state index contributed by atoms with van der Waals surface area (Å²) >= 11 is 0. The van der Waals surface area contributed by atoms with Gasteiger partial charge in [-0.2, -0.15) is 13.2 Å². The van der Waals surface area contributed by atoms with Crippen molar-refractivity contribution in [2.45, 2.75) is 25.2 Å². The minimum absolute atomic E-state index is 0.0657. The maximum absolute atomic E-state index is 13.1. The highest BCUT2D eigenvalue weighted by atomic mass is 19.4. The Hall–Kier alpha value is -3.10. The summed E-state index contributed by atoms with van der Waals surface area (Å²) in [4.78, 5) is 36.5. The van der Waals surface area contributed by atoms with Gasteiger partial charge in [-0.05, 0) is 30.7 Å². The molecule has 0 saturated carbocycles. The first-order valence-electron chi connectivity index (χ1n) is 7.61. The lowest BCUT2D eigenvalue weighted by Crippen LogP contribution is -2.49. The molecule has 0 spiro atoms. The van der Waals surface area contributed by atoms with Crippen LogP contribution in [0.1, 0.15) is 16.7 Å². The molecule has 0 bridgehead atoms. The van der Waals surface area contributed by atoms with E-state index in [1.165, 1.54) is 16.8 Å². The number of nitrogens with zero attached hydrogens (tertiary/aromatic N) is 1. The van der Waals surface area contributed by atoms with Crippen LogP contribution >= 0.6 is 0 Å². The van der Waals surface area contributed by atoms with Gasteiger partial charge in [-0.1, -0.05) is 18.2 Å². The molecule has 0 radical (unpaired) electrons. The standard InChI is InChI=1S/C17H14F3N3O3/c1-10-4-3-7-23(13(10)24)9-16(14(25)21-15(26)22-16)11-5-2-6-12(8-11)17(18,19)20/h2-8H,9H2,1H3,(H2,21,22,25,26). The van der Waals surface area contributed by atoms with E-state index in [9.17, 15) is 27.6 Å². The molecule has 1 aromatic heterocycles. The zero-order valence-electron chi connectivity index (χ0n) is 13.6. The summed E-state index contributed by atoms with van der Waals surface area (Å²) in [6.45, 7) is 1.23. The van der Waals surface area contributed by atoms with Gasteiger partial charge in [-0.15, -0.1) is 0 Å². The van der Waals surface area contributed by atoms with Crippen molar-refractivity contribution in [2.24, 2.45) is 0 Å². The maximum atomic E-state index is 13.1. The largest absolute Gasteiger partial charge is 0.416 e. The second-order valence-electron chi connectivity index (χ2n) is 6.02. The molecule has 26 heavy (non-hydrogen) atoms. The van der Waals surface area contributed by atoms with Crippen LogP contribution in [0.25, 0.3) is 0 Å². The Bertz CT molecular complexity index is 952. The highest BCUT2D eigenvalue weighted by Crippen LogP contribution is 2.34. The summed E-state index contributed by atoms with van der Waals surface area (Å²) in [5.41, 5.74) is -2.86. The van der Waals surface area contributed by atoms with Gasteiger partial charge in [-0.3, -0.25) is 14.9 Å². The molecule has 136 valence electrons. The molecule has 1 aliphatic heterocycles. The summed E-state index contributed by atoms with van der Waals surface area (Å²) in [5.74, 6) is -0.824. The van der Waals surface area contributed by atoms with E-state index < -0.39 is 34.8 Å². The van der Waals surface area contributed by atoms with E-state index in [2.05, 4.69) is 5.32 Å². The lowest BCUT2D eigenvalue weighted by atomic mass is 9.88. The molecule has 2 N–H and O–H groups in total. The van der Waals surface area contributed by atoms with Crippen LogP contribution in [-0.2, 0) is 23.1 Å². The van der Waals surface area contributed by atoms with Crippen LogP contribution in [0.4, 0.5) is 18.0 Å². The number of aryl methyl sites for hydroxylation is 1. The Morgan fingerprint density at radius 3 is 2.46 bits per heavy atom. The Morgan fingerprint density at radius 2 is 1.85 bits per heavy atom. The van der Waals surface area contributed by atoms with Crippen LogP contribution in [0, 0.1) is 6.92 Å². The van der Waals surface area contributed by atoms with Crippen LogP contribution in [0.3, 0.4) is 0 Å². The number of aromatic nitrogens is 1. The third-order valence-corrected chi connectivity index (χ3v) is 4.24. The van der Waals surface area contributed by atoms with Gasteiger partial charge in [0.05, 0.1) is 12.1 Å². The molecule has 2 aromatic rings. The predicted molar refractivity (Wildman–Crippen MR) is 85.2 cm³/mol. The molecule has 6 nitrogen and oxygen atoms in total. The molecular weight excluding hydrogens is 351 g/mol. The average molecular weight is 365 g/mol. The molecule has 9 heteroatoms. The monoisotopic (exact) mass is 365 g/mol. The first kappa shape index (κ1) is 17.7. The number of nitrogens with one attached hydrogen (secondary N) is 2. The van der Waals surface area contributed by atoms with E-state index in [1.54, 1.807) is 19.1 Å². The van der Waals surface area contributed by atoms with E-state index >= 15 is 0 Å². The van der Waals surface area contributed by atoms with Gasteiger partial charge in [0.15, 0.2) is 5.54 Å². The van der Waals surface area contributed by atoms with Crippen molar-refractivity contribution in [1.29, 1.82) is 0 Å². The van der Waals surface area contributed by atoms with Crippen molar-refractivity contribution >= 4 is 11.9 Å². The first-order chi connectivity index (χ1) is 12.1. The minimum Gasteiger partial charge on any atom is -0.318 e. The van der Waals surface area contributed by atoms with E-state index in [0.29, 0.717) is 5.56 Å². The van der Waals surface area contributed by atoms with Crippen LogP contribution < -0.4 is 16.2 Å². The predicted octanol–water partition coefficient (Wildman–Crippen LogP) is 1.91. The SMILES string of the molecule is Cc1cccn(CC2(c3cccc(C(F)(F)F)c3)NC(=O)NC2=O)c1=O. The topological polar surface area (TPSA) is 80.2 Å². The van der Waals surface area contributed by atoms with E-state index in [0.717, 1.165) is 18.2 Å². The highest BCUT2D eigenvalue weighted by Gasteiger charge is 2.49. The Balaban J connectivity index is 2.15. The molecule has 2 heterocycles. The number of benzene rings is 1. The number of rotatable bonds is 3. The number of carbonyl (C=O) groups excluding carboxylic acids is 2. The number of hydrogen-bond donors (Lipinski definition) is 2. The number of pyridine rings is 1. The molecule has 1 aliphatic rings. The van der Waals surface area contributed by atoms with Gasteiger partial charge in [0.25, 0.3) is 11.5 Å².